The second-order valence-corrected chi connectivity index (χ2v) is 5.89. The summed E-state index contributed by atoms with van der Waals surface area (Å²) in [5.41, 5.74) is 1.07. The van der Waals surface area contributed by atoms with Crippen LogP contribution in [0.2, 0.25) is 0 Å². The Bertz CT molecular complexity index is 504. The Morgan fingerprint density at radius 2 is 2.00 bits per heavy atom. The highest BCUT2D eigenvalue weighted by atomic mass is 16.3. The normalized spacial score (nSPS) is 21.3. The second-order valence-electron chi connectivity index (χ2n) is 5.89. The van der Waals surface area contributed by atoms with Gasteiger partial charge >= 0.3 is 6.03 Å². The molecule has 126 valence electrons. The van der Waals surface area contributed by atoms with Crippen molar-refractivity contribution in [3.63, 3.8) is 0 Å². The summed E-state index contributed by atoms with van der Waals surface area (Å²) in [6.07, 6.45) is 6.96. The van der Waals surface area contributed by atoms with E-state index in [1.165, 1.54) is 0 Å². The lowest BCUT2D eigenvalue weighted by Crippen LogP contribution is -2.51. The lowest BCUT2D eigenvalue weighted by molar-refractivity contribution is 0.0894. The molecule has 1 aromatic rings. The van der Waals surface area contributed by atoms with Crippen LogP contribution in [-0.2, 0) is 0 Å². The van der Waals surface area contributed by atoms with E-state index >= 15 is 0 Å². The van der Waals surface area contributed by atoms with Crippen molar-refractivity contribution in [1.82, 2.24) is 10.2 Å². The average Bonchev–Trinajstić information content (AvgIpc) is 2.57. The molecule has 1 fully saturated rings. The van der Waals surface area contributed by atoms with Crippen molar-refractivity contribution in [3.05, 3.63) is 42.0 Å². The third kappa shape index (κ3) is 5.69. The Kier molecular flexibility index (Phi) is 7.10. The van der Waals surface area contributed by atoms with Crippen LogP contribution in [0, 0.1) is 0 Å². The van der Waals surface area contributed by atoms with Gasteiger partial charge in [-0.2, -0.15) is 0 Å². The number of rotatable bonds is 6. The van der Waals surface area contributed by atoms with Crippen LogP contribution in [0.3, 0.4) is 0 Å². The molecular weight excluding hydrogens is 292 g/mol. The average molecular weight is 318 g/mol. The van der Waals surface area contributed by atoms with E-state index in [1.54, 1.807) is 4.90 Å². The number of carbonyl (C=O) groups excluding carboxylic acids is 1. The summed E-state index contributed by atoms with van der Waals surface area (Å²) in [7, 11) is 0. The van der Waals surface area contributed by atoms with Crippen LogP contribution >= 0.6 is 0 Å². The first-order chi connectivity index (χ1) is 11.2. The van der Waals surface area contributed by atoms with Gasteiger partial charge in [-0.05, 0) is 18.4 Å². The zero-order chi connectivity index (χ0) is 16.5. The summed E-state index contributed by atoms with van der Waals surface area (Å²) in [5, 5.41) is 22.0. The van der Waals surface area contributed by atoms with Gasteiger partial charge in [-0.15, -0.1) is 0 Å². The first kappa shape index (κ1) is 17.5. The maximum absolute atomic E-state index is 12.3. The molecular formula is C18H26N2O3. The lowest BCUT2D eigenvalue weighted by Gasteiger charge is -2.31. The fraction of sp³-hybridized carbons (Fsp3) is 0.500. The highest BCUT2D eigenvalue weighted by molar-refractivity contribution is 5.75. The van der Waals surface area contributed by atoms with Crippen molar-refractivity contribution in [1.29, 1.82) is 0 Å². The van der Waals surface area contributed by atoms with Crippen LogP contribution < -0.4 is 5.32 Å². The largest absolute Gasteiger partial charge is 0.395 e. The summed E-state index contributed by atoms with van der Waals surface area (Å²) in [4.78, 5) is 13.9. The molecule has 0 radical (unpaired) electrons. The van der Waals surface area contributed by atoms with Crippen LogP contribution in [0.25, 0.3) is 6.08 Å². The summed E-state index contributed by atoms with van der Waals surface area (Å²) in [5.74, 6) is 0. The topological polar surface area (TPSA) is 72.8 Å². The van der Waals surface area contributed by atoms with Gasteiger partial charge in [-0.3, -0.25) is 0 Å². The molecule has 0 spiro atoms. The number of nitrogens with one attached hydrogen (secondary N) is 1. The number of hydrogen-bond acceptors (Lipinski definition) is 3. The van der Waals surface area contributed by atoms with Crippen LogP contribution in [0.5, 0.6) is 0 Å². The number of carbonyl (C=O) groups is 1. The first-order valence-electron chi connectivity index (χ1n) is 8.26. The SMILES string of the molecule is O=C(N[C@@H]1CCCC[C@H]1O)N(CC=Cc1ccccc1)CCO. The fourth-order valence-electron chi connectivity index (χ4n) is 2.81. The molecule has 1 aliphatic carbocycles. The molecule has 5 heteroatoms. The van der Waals surface area contributed by atoms with E-state index in [2.05, 4.69) is 5.32 Å². The Balaban J connectivity index is 1.88. The van der Waals surface area contributed by atoms with Crippen molar-refractivity contribution < 1.29 is 15.0 Å². The number of urea groups is 1. The number of aliphatic hydroxyl groups excluding tert-OH is 2. The van der Waals surface area contributed by atoms with E-state index in [0.29, 0.717) is 6.54 Å². The van der Waals surface area contributed by atoms with E-state index in [0.717, 1.165) is 31.2 Å². The smallest absolute Gasteiger partial charge is 0.318 e. The van der Waals surface area contributed by atoms with Crippen LogP contribution in [0.15, 0.2) is 36.4 Å². The van der Waals surface area contributed by atoms with Gasteiger partial charge in [-0.25, -0.2) is 4.79 Å². The van der Waals surface area contributed by atoms with Crippen molar-refractivity contribution >= 4 is 12.1 Å². The maximum Gasteiger partial charge on any atom is 0.318 e. The zero-order valence-electron chi connectivity index (χ0n) is 13.4. The number of aliphatic hydroxyl groups is 2. The van der Waals surface area contributed by atoms with Crippen molar-refractivity contribution in [2.24, 2.45) is 0 Å². The molecule has 0 heterocycles. The summed E-state index contributed by atoms with van der Waals surface area (Å²) < 4.78 is 0. The molecule has 0 aromatic heterocycles. The van der Waals surface area contributed by atoms with Gasteiger partial charge in [0, 0.05) is 13.1 Å². The van der Waals surface area contributed by atoms with Gasteiger partial charge in [-0.1, -0.05) is 55.3 Å². The van der Waals surface area contributed by atoms with Crippen LogP contribution in [0.1, 0.15) is 31.2 Å². The molecule has 1 aromatic carbocycles. The molecule has 2 atom stereocenters. The highest BCUT2D eigenvalue weighted by Crippen LogP contribution is 2.18. The minimum absolute atomic E-state index is 0.0835. The van der Waals surface area contributed by atoms with E-state index < -0.39 is 6.10 Å². The Hall–Kier alpha value is -1.85. The van der Waals surface area contributed by atoms with E-state index in [-0.39, 0.29) is 25.2 Å². The van der Waals surface area contributed by atoms with Crippen molar-refractivity contribution in [3.8, 4) is 0 Å². The molecule has 23 heavy (non-hydrogen) atoms. The van der Waals surface area contributed by atoms with Crippen molar-refractivity contribution in [2.45, 2.75) is 37.8 Å². The second kappa shape index (κ2) is 9.33. The lowest BCUT2D eigenvalue weighted by atomic mass is 9.93. The number of nitrogens with zero attached hydrogens (tertiary/aromatic N) is 1. The fourth-order valence-corrected chi connectivity index (χ4v) is 2.81. The zero-order valence-corrected chi connectivity index (χ0v) is 13.4. The predicted molar refractivity (Wildman–Crippen MR) is 90.9 cm³/mol. The molecule has 5 nitrogen and oxygen atoms in total. The quantitative estimate of drug-likeness (QED) is 0.751. The van der Waals surface area contributed by atoms with E-state index in [9.17, 15) is 9.90 Å². The maximum atomic E-state index is 12.3. The monoisotopic (exact) mass is 318 g/mol. The molecule has 1 saturated carbocycles. The van der Waals surface area contributed by atoms with Crippen LogP contribution in [-0.4, -0.2) is 53.0 Å². The molecule has 0 saturated heterocycles. The molecule has 0 bridgehead atoms. The Morgan fingerprint density at radius 1 is 1.26 bits per heavy atom. The summed E-state index contributed by atoms with van der Waals surface area (Å²) in [6.45, 7) is 0.609. The van der Waals surface area contributed by atoms with E-state index in [1.807, 2.05) is 42.5 Å². The predicted octanol–water partition coefficient (Wildman–Crippen LogP) is 2.01. The third-order valence-electron chi connectivity index (χ3n) is 4.13. The molecule has 2 amide bonds. The van der Waals surface area contributed by atoms with Gasteiger partial charge in [0.05, 0.1) is 18.8 Å². The van der Waals surface area contributed by atoms with Gasteiger partial charge in [0.2, 0.25) is 0 Å². The number of hydrogen-bond donors (Lipinski definition) is 3. The Morgan fingerprint density at radius 3 is 2.70 bits per heavy atom. The summed E-state index contributed by atoms with van der Waals surface area (Å²) >= 11 is 0. The van der Waals surface area contributed by atoms with Crippen LogP contribution in [0.4, 0.5) is 4.79 Å². The van der Waals surface area contributed by atoms with Gasteiger partial charge in [0.25, 0.3) is 0 Å². The molecule has 3 N–H and O–H groups in total. The van der Waals surface area contributed by atoms with E-state index in [4.69, 9.17) is 5.11 Å². The third-order valence-corrected chi connectivity index (χ3v) is 4.13. The van der Waals surface area contributed by atoms with Gasteiger partial charge in [0.1, 0.15) is 0 Å². The minimum atomic E-state index is -0.469. The van der Waals surface area contributed by atoms with Gasteiger partial charge < -0.3 is 20.4 Å². The first-order valence-corrected chi connectivity index (χ1v) is 8.26. The number of amides is 2. The Labute approximate surface area is 137 Å². The number of benzene rings is 1. The van der Waals surface area contributed by atoms with Crippen molar-refractivity contribution in [2.75, 3.05) is 19.7 Å². The minimum Gasteiger partial charge on any atom is -0.395 e. The molecule has 0 unspecified atom stereocenters. The molecule has 0 aliphatic heterocycles. The molecule has 1 aliphatic rings. The van der Waals surface area contributed by atoms with Gasteiger partial charge in [0.15, 0.2) is 0 Å². The standard InChI is InChI=1S/C18H26N2O3/c21-14-13-20(12-6-9-15-7-2-1-3-8-15)18(23)19-16-10-4-5-11-17(16)22/h1-3,6-9,16-17,21-22H,4-5,10-14H2,(H,19,23)/t16-,17-/m1/s1. The highest BCUT2D eigenvalue weighted by Gasteiger charge is 2.25. The molecule has 2 rings (SSSR count). The summed E-state index contributed by atoms with van der Waals surface area (Å²) in [6, 6.07) is 9.44.